The van der Waals surface area contributed by atoms with Crippen LogP contribution in [0.1, 0.15) is 33.4 Å². The lowest BCUT2D eigenvalue weighted by atomic mass is 10.0. The number of rotatable bonds is 15. The van der Waals surface area contributed by atoms with E-state index in [0.29, 0.717) is 0 Å². The zero-order valence-electron chi connectivity index (χ0n) is 45.4. The zero-order valence-corrected chi connectivity index (χ0v) is 45.4. The molecule has 0 aliphatic heterocycles. The van der Waals surface area contributed by atoms with Gasteiger partial charge in [-0.1, -0.05) is 192 Å². The molecule has 12 rings (SSSR count). The molecule has 12 aromatic rings. The van der Waals surface area contributed by atoms with Crippen molar-refractivity contribution < 1.29 is 0 Å². The predicted octanol–water partition coefficient (Wildman–Crippen LogP) is 20.2. The largest absolute Gasteiger partial charge is 0.311 e. The van der Waals surface area contributed by atoms with E-state index in [1.165, 1.54) is 33.0 Å². The lowest BCUT2D eigenvalue weighted by molar-refractivity contribution is 1.10. The molecule has 0 radical (unpaired) electrons. The van der Waals surface area contributed by atoms with Gasteiger partial charge in [-0.25, -0.2) is 10.0 Å². The number of hydrogen-bond acceptors (Lipinski definition) is 6. The summed E-state index contributed by atoms with van der Waals surface area (Å²) in [5, 5.41) is 19.0. The van der Waals surface area contributed by atoms with E-state index >= 15 is 0 Å². The number of nitrogens with zero attached hydrogens (tertiary/aromatic N) is 6. The molecule has 0 bridgehead atoms. The lowest BCUT2D eigenvalue weighted by Gasteiger charge is -2.26. The second-order valence-corrected chi connectivity index (χ2v) is 20.4. The number of anilines is 10. The van der Waals surface area contributed by atoms with Gasteiger partial charge < -0.3 is 9.80 Å². The first kappa shape index (κ1) is 50.5. The fraction of sp³-hybridized carbons (Fsp3) is 0.0541. The van der Waals surface area contributed by atoms with Crippen LogP contribution in [0.4, 0.5) is 56.9 Å². The molecule has 6 heteroatoms. The van der Waals surface area contributed by atoms with Crippen molar-refractivity contribution in [3.8, 4) is 11.1 Å². The van der Waals surface area contributed by atoms with Crippen molar-refractivity contribution in [1.82, 2.24) is 0 Å². The Labute approximate surface area is 469 Å². The summed E-state index contributed by atoms with van der Waals surface area (Å²) >= 11 is 0. The third-order valence-electron chi connectivity index (χ3n) is 14.7. The number of aryl methyl sites for hydroxylation is 4. The molecule has 6 nitrogen and oxygen atoms in total. The molecule has 0 atom stereocenters. The second kappa shape index (κ2) is 22.7. The van der Waals surface area contributed by atoms with E-state index < -0.39 is 0 Å². The Morgan fingerprint density at radius 3 is 0.838 bits per heavy atom. The third-order valence-corrected chi connectivity index (χ3v) is 14.7. The minimum atomic E-state index is 0.996. The Kier molecular flexibility index (Phi) is 14.4. The van der Waals surface area contributed by atoms with Crippen molar-refractivity contribution in [1.29, 1.82) is 0 Å². The van der Waals surface area contributed by atoms with Gasteiger partial charge in [-0.05, 0) is 170 Å². The van der Waals surface area contributed by atoms with Gasteiger partial charge in [-0.15, -0.1) is 0 Å². The predicted molar refractivity (Wildman–Crippen MR) is 340 cm³/mol. The van der Waals surface area contributed by atoms with Crippen LogP contribution < -0.4 is 19.8 Å². The van der Waals surface area contributed by atoms with Gasteiger partial charge in [0, 0.05) is 44.9 Å². The molecule has 12 aromatic carbocycles. The first-order chi connectivity index (χ1) is 39.3. The molecule has 0 aliphatic carbocycles. The first-order valence-electron chi connectivity index (χ1n) is 27.2. The van der Waals surface area contributed by atoms with E-state index in [4.69, 9.17) is 10.2 Å². The van der Waals surface area contributed by atoms with Crippen LogP contribution in [0, 0.1) is 27.7 Å². The van der Waals surface area contributed by atoms with E-state index in [1.54, 1.807) is 0 Å². The highest BCUT2D eigenvalue weighted by molar-refractivity contribution is 5.98. The Balaban J connectivity index is 0.803. The average Bonchev–Trinajstić information content (AvgIpc) is 3.51. The average molecular weight is 1030 g/mol. The van der Waals surface area contributed by atoms with Gasteiger partial charge in [0.1, 0.15) is 0 Å². The van der Waals surface area contributed by atoms with Gasteiger partial charge in [0.25, 0.3) is 0 Å². The molecule has 0 N–H and O–H groups in total. The highest BCUT2D eigenvalue weighted by Gasteiger charge is 2.18. The van der Waals surface area contributed by atoms with Crippen molar-refractivity contribution in [2.75, 3.05) is 19.8 Å². The number of hydrazone groups is 2. The lowest BCUT2D eigenvalue weighted by Crippen LogP contribution is -2.11. The molecule has 0 saturated heterocycles. The van der Waals surface area contributed by atoms with Gasteiger partial charge in [-0.2, -0.15) is 10.2 Å². The van der Waals surface area contributed by atoms with E-state index in [0.717, 1.165) is 89.9 Å². The molecule has 80 heavy (non-hydrogen) atoms. The van der Waals surface area contributed by atoms with Crippen LogP contribution in [0.2, 0.25) is 0 Å². The molecule has 0 heterocycles. The van der Waals surface area contributed by atoms with E-state index in [-0.39, 0.29) is 0 Å². The molecule has 0 aromatic heterocycles. The number of benzene rings is 12. The molecular formula is C74H60N6. The standard InChI is InChI=1S/C74H60N6/c1-53-19-35-63(36-20-53)77(65-43-27-57(28-44-65)51-75-79(69-39-23-55(3)24-40-69)73-17-9-13-61-11-5-7-15-71(61)73)67-47-31-59(32-48-67)60-33-49-68(50-34-60)78(64-37-21-54(2)22-38-64)66-45-29-58(30-46-66)52-76-80(70-41-25-56(4)26-42-70)74-18-10-14-62-12-6-8-16-72(62)74/h5-52H,1-4H3/b75-51+,76-52+. The van der Waals surface area contributed by atoms with Crippen LogP contribution in [-0.2, 0) is 0 Å². The van der Waals surface area contributed by atoms with Gasteiger partial charge >= 0.3 is 0 Å². The van der Waals surface area contributed by atoms with Crippen LogP contribution in [-0.4, -0.2) is 12.4 Å². The van der Waals surface area contributed by atoms with Crippen LogP contribution in [0.5, 0.6) is 0 Å². The molecular weight excluding hydrogens is 973 g/mol. The highest BCUT2D eigenvalue weighted by atomic mass is 15.5. The number of hydrogen-bond donors (Lipinski definition) is 0. The second-order valence-electron chi connectivity index (χ2n) is 20.4. The molecule has 0 unspecified atom stereocenters. The maximum atomic E-state index is 5.13. The number of fused-ring (bicyclic) bond motifs is 2. The van der Waals surface area contributed by atoms with Crippen molar-refractivity contribution >= 4 is 90.8 Å². The molecule has 0 aliphatic rings. The quantitative estimate of drug-likeness (QED) is 0.0757. The Morgan fingerprint density at radius 1 is 0.250 bits per heavy atom. The maximum Gasteiger partial charge on any atom is 0.0730 e. The van der Waals surface area contributed by atoms with E-state index in [1.807, 2.05) is 22.4 Å². The fourth-order valence-electron chi connectivity index (χ4n) is 10.2. The van der Waals surface area contributed by atoms with Crippen molar-refractivity contribution in [2.24, 2.45) is 10.2 Å². The summed E-state index contributed by atoms with van der Waals surface area (Å²) in [4.78, 5) is 4.62. The molecule has 0 spiro atoms. The topological polar surface area (TPSA) is 37.7 Å². The van der Waals surface area contributed by atoms with Gasteiger partial charge in [-0.3, -0.25) is 0 Å². The maximum absolute atomic E-state index is 5.13. The van der Waals surface area contributed by atoms with Gasteiger partial charge in [0.05, 0.1) is 35.2 Å². The summed E-state index contributed by atoms with van der Waals surface area (Å²) in [6, 6.07) is 99.2. The molecule has 0 saturated carbocycles. The smallest absolute Gasteiger partial charge is 0.0730 e. The molecule has 0 fully saturated rings. The minimum absolute atomic E-state index is 0.996. The monoisotopic (exact) mass is 1030 g/mol. The summed E-state index contributed by atoms with van der Waals surface area (Å²) in [6.45, 7) is 8.47. The summed E-state index contributed by atoms with van der Waals surface area (Å²) < 4.78 is 0. The summed E-state index contributed by atoms with van der Waals surface area (Å²) in [7, 11) is 0. The highest BCUT2D eigenvalue weighted by Crippen LogP contribution is 2.40. The van der Waals surface area contributed by atoms with E-state index in [9.17, 15) is 0 Å². The minimum Gasteiger partial charge on any atom is -0.311 e. The summed E-state index contributed by atoms with van der Waals surface area (Å²) in [5.74, 6) is 0. The Hall–Kier alpha value is -10.3. The summed E-state index contributed by atoms with van der Waals surface area (Å²) in [5.41, 5.74) is 19.5. The van der Waals surface area contributed by atoms with Gasteiger partial charge in [0.15, 0.2) is 0 Å². The van der Waals surface area contributed by atoms with Crippen molar-refractivity contribution in [3.05, 3.63) is 312 Å². The van der Waals surface area contributed by atoms with Crippen molar-refractivity contribution in [3.63, 3.8) is 0 Å². The van der Waals surface area contributed by atoms with Crippen molar-refractivity contribution in [2.45, 2.75) is 27.7 Å². The Bertz CT molecular complexity index is 3830. The van der Waals surface area contributed by atoms with Crippen LogP contribution >= 0.6 is 0 Å². The molecule has 386 valence electrons. The molecule has 0 amide bonds. The van der Waals surface area contributed by atoms with Gasteiger partial charge in [0.2, 0.25) is 0 Å². The first-order valence-corrected chi connectivity index (χ1v) is 27.2. The van der Waals surface area contributed by atoms with E-state index in [2.05, 4.69) is 317 Å². The summed E-state index contributed by atoms with van der Waals surface area (Å²) in [6.07, 6.45) is 3.90. The fourth-order valence-corrected chi connectivity index (χ4v) is 10.2. The normalized spacial score (nSPS) is 11.4. The zero-order chi connectivity index (χ0) is 54.4. The van der Waals surface area contributed by atoms with Crippen LogP contribution in [0.25, 0.3) is 32.7 Å². The SMILES string of the molecule is Cc1ccc(N(/N=C/c2ccc(N(c3ccc(C)cc3)c3ccc(-c4ccc(N(c5ccc(C)cc5)c5ccc(/C=N/N(c6ccc(C)cc6)c6cccc7ccccc67)cc5)cc4)cc3)cc2)c2cccc3ccccc23)cc1. The van der Waals surface area contributed by atoms with Crippen LogP contribution in [0.15, 0.2) is 289 Å². The third kappa shape index (κ3) is 11.0. The Morgan fingerprint density at radius 2 is 0.512 bits per heavy atom. The van der Waals surface area contributed by atoms with Crippen LogP contribution in [0.3, 0.4) is 0 Å².